The van der Waals surface area contributed by atoms with Gasteiger partial charge in [-0.05, 0) is 31.0 Å². The molecule has 0 unspecified atom stereocenters. The highest BCUT2D eigenvalue weighted by atomic mass is 35.7. The Labute approximate surface area is 115 Å². The maximum absolute atomic E-state index is 11.3. The van der Waals surface area contributed by atoms with Gasteiger partial charge in [0.05, 0.1) is 0 Å². The lowest BCUT2D eigenvalue weighted by Gasteiger charge is -2.05. The zero-order valence-electron chi connectivity index (χ0n) is 10.3. The molecule has 0 aliphatic rings. The van der Waals surface area contributed by atoms with Gasteiger partial charge in [0.1, 0.15) is 5.82 Å². The molecule has 0 bridgehead atoms. The van der Waals surface area contributed by atoms with Gasteiger partial charge < -0.3 is 4.57 Å². The van der Waals surface area contributed by atoms with Crippen molar-refractivity contribution in [3.63, 3.8) is 0 Å². The maximum Gasteiger partial charge on any atom is 0.296 e. The Kier molecular flexibility index (Phi) is 4.16. The van der Waals surface area contributed by atoms with Gasteiger partial charge in [-0.2, -0.15) is 0 Å². The number of rotatable bonds is 5. The zero-order valence-corrected chi connectivity index (χ0v) is 11.9. The van der Waals surface area contributed by atoms with E-state index in [4.69, 9.17) is 10.7 Å². The minimum atomic E-state index is -3.86. The van der Waals surface area contributed by atoms with Crippen LogP contribution in [0.5, 0.6) is 0 Å². The van der Waals surface area contributed by atoms with Gasteiger partial charge in [-0.15, -0.1) is 10.2 Å². The fraction of sp³-hybridized carbons (Fsp3) is 0.364. The van der Waals surface area contributed by atoms with E-state index < -0.39 is 9.05 Å². The molecule has 102 valence electrons. The third-order valence-corrected chi connectivity index (χ3v) is 3.87. The molecule has 2 heterocycles. The van der Waals surface area contributed by atoms with Crippen molar-refractivity contribution in [1.29, 1.82) is 0 Å². The highest BCUT2D eigenvalue weighted by molar-refractivity contribution is 8.13. The van der Waals surface area contributed by atoms with Crippen LogP contribution >= 0.6 is 10.7 Å². The first-order chi connectivity index (χ1) is 9.02. The van der Waals surface area contributed by atoms with E-state index >= 15 is 0 Å². The molecule has 2 aromatic heterocycles. The van der Waals surface area contributed by atoms with Crippen molar-refractivity contribution in [2.75, 3.05) is 0 Å². The van der Waals surface area contributed by atoms with Crippen LogP contribution in [0.2, 0.25) is 0 Å². The molecular formula is C11H13ClN4O2S. The minimum Gasteiger partial charge on any atom is -0.301 e. The van der Waals surface area contributed by atoms with Crippen LogP contribution in [0.4, 0.5) is 0 Å². The van der Waals surface area contributed by atoms with Gasteiger partial charge in [0, 0.05) is 36.0 Å². The molecule has 6 nitrogen and oxygen atoms in total. The Morgan fingerprint density at radius 1 is 1.21 bits per heavy atom. The highest BCUT2D eigenvalue weighted by Crippen LogP contribution is 2.15. The number of aryl methyl sites for hydroxylation is 2. The average Bonchev–Trinajstić information content (AvgIpc) is 2.80. The van der Waals surface area contributed by atoms with E-state index in [-0.39, 0.29) is 5.16 Å². The first kappa shape index (κ1) is 14.0. The van der Waals surface area contributed by atoms with Crippen molar-refractivity contribution in [1.82, 2.24) is 19.7 Å². The Balaban J connectivity index is 2.20. The molecule has 0 amide bonds. The van der Waals surface area contributed by atoms with Crippen LogP contribution in [0.1, 0.15) is 18.3 Å². The molecular weight excluding hydrogens is 288 g/mol. The lowest BCUT2D eigenvalue weighted by atomic mass is 10.1. The van der Waals surface area contributed by atoms with Gasteiger partial charge in [-0.25, -0.2) is 8.42 Å². The largest absolute Gasteiger partial charge is 0.301 e. The first-order valence-corrected chi connectivity index (χ1v) is 8.09. The topological polar surface area (TPSA) is 77.7 Å². The Morgan fingerprint density at radius 3 is 2.47 bits per heavy atom. The second-order valence-electron chi connectivity index (χ2n) is 3.94. The van der Waals surface area contributed by atoms with E-state index in [1.807, 2.05) is 19.1 Å². The molecule has 0 saturated carbocycles. The van der Waals surface area contributed by atoms with Crippen LogP contribution in [0, 0.1) is 0 Å². The molecule has 2 rings (SSSR count). The number of hydrogen-bond acceptors (Lipinski definition) is 5. The summed E-state index contributed by atoms with van der Waals surface area (Å²) < 4.78 is 24.2. The predicted molar refractivity (Wildman–Crippen MR) is 70.4 cm³/mol. The lowest BCUT2D eigenvalue weighted by molar-refractivity contribution is 0.574. The molecule has 0 aliphatic heterocycles. The molecule has 0 aromatic carbocycles. The van der Waals surface area contributed by atoms with Crippen molar-refractivity contribution in [2.24, 2.45) is 0 Å². The van der Waals surface area contributed by atoms with Crippen LogP contribution in [0.15, 0.2) is 29.7 Å². The minimum absolute atomic E-state index is 0.193. The Morgan fingerprint density at radius 2 is 1.89 bits per heavy atom. The standard InChI is InChI=1S/C11H13ClN4O2S/c1-2-16-10(14-15-11(16)19(12,17)18)4-3-9-5-7-13-8-6-9/h5-8H,2-4H2,1H3. The summed E-state index contributed by atoms with van der Waals surface area (Å²) in [6.45, 7) is 2.28. The molecule has 0 radical (unpaired) electrons. The number of pyridine rings is 1. The van der Waals surface area contributed by atoms with Gasteiger partial charge in [0.15, 0.2) is 0 Å². The Hall–Kier alpha value is -1.47. The number of aromatic nitrogens is 4. The van der Waals surface area contributed by atoms with Gasteiger partial charge in [0.2, 0.25) is 0 Å². The molecule has 8 heteroatoms. The van der Waals surface area contributed by atoms with Crippen LogP contribution in [-0.2, 0) is 28.4 Å². The summed E-state index contributed by atoms with van der Waals surface area (Å²) in [5.74, 6) is 0.610. The van der Waals surface area contributed by atoms with Crippen molar-refractivity contribution >= 4 is 19.7 Å². The third kappa shape index (κ3) is 3.30. The fourth-order valence-electron chi connectivity index (χ4n) is 1.81. The van der Waals surface area contributed by atoms with Crippen LogP contribution in [-0.4, -0.2) is 28.2 Å². The van der Waals surface area contributed by atoms with E-state index in [9.17, 15) is 8.42 Å². The van der Waals surface area contributed by atoms with Crippen LogP contribution in [0.25, 0.3) is 0 Å². The van der Waals surface area contributed by atoms with E-state index in [1.54, 1.807) is 12.4 Å². The monoisotopic (exact) mass is 300 g/mol. The molecule has 2 aromatic rings. The second-order valence-corrected chi connectivity index (χ2v) is 6.40. The lowest BCUT2D eigenvalue weighted by Crippen LogP contribution is -2.09. The summed E-state index contributed by atoms with van der Waals surface area (Å²) in [6, 6.07) is 3.82. The first-order valence-electron chi connectivity index (χ1n) is 5.78. The van der Waals surface area contributed by atoms with E-state index in [2.05, 4.69) is 15.2 Å². The summed E-state index contributed by atoms with van der Waals surface area (Å²) >= 11 is 0. The summed E-state index contributed by atoms with van der Waals surface area (Å²) in [6.07, 6.45) is 4.77. The quantitative estimate of drug-likeness (QED) is 0.780. The van der Waals surface area contributed by atoms with Gasteiger partial charge in [0.25, 0.3) is 14.2 Å². The Bertz CT molecular complexity index is 655. The van der Waals surface area contributed by atoms with Gasteiger partial charge >= 0.3 is 0 Å². The molecule has 19 heavy (non-hydrogen) atoms. The highest BCUT2D eigenvalue weighted by Gasteiger charge is 2.21. The molecule has 0 aliphatic carbocycles. The molecule has 0 saturated heterocycles. The predicted octanol–water partition coefficient (Wildman–Crippen LogP) is 1.41. The molecule has 0 atom stereocenters. The number of nitrogens with zero attached hydrogens (tertiary/aromatic N) is 4. The summed E-state index contributed by atoms with van der Waals surface area (Å²) in [5.41, 5.74) is 1.11. The average molecular weight is 301 g/mol. The van der Waals surface area contributed by atoms with Crippen LogP contribution < -0.4 is 0 Å². The molecule has 0 fully saturated rings. The molecule has 0 N–H and O–H groups in total. The van der Waals surface area contributed by atoms with Crippen molar-refractivity contribution < 1.29 is 8.42 Å². The van der Waals surface area contributed by atoms with E-state index in [0.717, 1.165) is 12.0 Å². The van der Waals surface area contributed by atoms with E-state index in [1.165, 1.54) is 4.57 Å². The summed E-state index contributed by atoms with van der Waals surface area (Å²) in [4.78, 5) is 3.94. The normalized spacial score (nSPS) is 11.7. The zero-order chi connectivity index (χ0) is 13.9. The van der Waals surface area contributed by atoms with Gasteiger partial charge in [-0.1, -0.05) is 0 Å². The molecule has 0 spiro atoms. The van der Waals surface area contributed by atoms with Crippen molar-refractivity contribution in [2.45, 2.75) is 31.5 Å². The smallest absolute Gasteiger partial charge is 0.296 e. The number of halogens is 1. The maximum atomic E-state index is 11.3. The summed E-state index contributed by atoms with van der Waals surface area (Å²) in [7, 11) is 1.46. The summed E-state index contributed by atoms with van der Waals surface area (Å²) in [5, 5.41) is 7.36. The fourth-order valence-corrected chi connectivity index (χ4v) is 2.79. The van der Waals surface area contributed by atoms with Crippen LogP contribution in [0.3, 0.4) is 0 Å². The second kappa shape index (κ2) is 5.66. The van der Waals surface area contributed by atoms with Crippen molar-refractivity contribution in [3.05, 3.63) is 35.9 Å². The van der Waals surface area contributed by atoms with Gasteiger partial charge in [-0.3, -0.25) is 4.98 Å². The SMILES string of the molecule is CCn1c(CCc2ccncc2)nnc1S(=O)(=O)Cl. The van der Waals surface area contributed by atoms with E-state index in [0.29, 0.717) is 18.8 Å². The van der Waals surface area contributed by atoms with Crippen molar-refractivity contribution in [3.8, 4) is 0 Å². The third-order valence-electron chi connectivity index (χ3n) is 2.71. The number of hydrogen-bond donors (Lipinski definition) is 0.